The van der Waals surface area contributed by atoms with Gasteiger partial charge < -0.3 is 0 Å². The topological polar surface area (TPSA) is 0 Å². The summed E-state index contributed by atoms with van der Waals surface area (Å²) in [6, 6.07) is 28.0. The van der Waals surface area contributed by atoms with E-state index in [4.69, 9.17) is 0 Å². The predicted molar refractivity (Wildman–Crippen MR) is 95.8 cm³/mol. The third-order valence-corrected chi connectivity index (χ3v) is 3.94. The summed E-state index contributed by atoms with van der Waals surface area (Å²) in [5.74, 6) is 0. The van der Waals surface area contributed by atoms with Crippen molar-refractivity contribution in [1.82, 2.24) is 0 Å². The van der Waals surface area contributed by atoms with Crippen LogP contribution in [0.3, 0.4) is 0 Å². The molecule has 0 saturated heterocycles. The monoisotopic (exact) mass is 284 g/mol. The lowest BCUT2D eigenvalue weighted by molar-refractivity contribution is 1.01. The van der Waals surface area contributed by atoms with Crippen molar-refractivity contribution in [2.45, 2.75) is 12.8 Å². The minimum Gasteiger partial charge on any atom is -0.103 e. The number of allylic oxidation sites excluding steroid dienone is 1. The number of benzene rings is 3. The van der Waals surface area contributed by atoms with E-state index in [1.54, 1.807) is 0 Å². The van der Waals surface area contributed by atoms with Gasteiger partial charge in [-0.15, -0.1) is 6.58 Å². The number of hydrogen-bond donors (Lipinski definition) is 0. The van der Waals surface area contributed by atoms with E-state index >= 15 is 0 Å². The first-order valence-corrected chi connectivity index (χ1v) is 7.73. The second-order valence-electron chi connectivity index (χ2n) is 5.43. The third kappa shape index (κ3) is 3.17. The van der Waals surface area contributed by atoms with E-state index in [9.17, 15) is 0 Å². The summed E-state index contributed by atoms with van der Waals surface area (Å²) in [6.45, 7) is 3.82. The molecule has 0 saturated carbocycles. The molecule has 0 atom stereocenters. The Morgan fingerprint density at radius 2 is 1.23 bits per heavy atom. The van der Waals surface area contributed by atoms with Gasteiger partial charge in [-0.1, -0.05) is 84.9 Å². The fraction of sp³-hybridized carbons (Fsp3) is 0.0909. The van der Waals surface area contributed by atoms with Crippen LogP contribution in [0.1, 0.15) is 12.0 Å². The van der Waals surface area contributed by atoms with Crippen LogP contribution in [-0.2, 0) is 6.42 Å². The fourth-order valence-corrected chi connectivity index (χ4v) is 2.75. The summed E-state index contributed by atoms with van der Waals surface area (Å²) in [6.07, 6.45) is 4.04. The molecule has 0 spiro atoms. The zero-order valence-electron chi connectivity index (χ0n) is 12.7. The largest absolute Gasteiger partial charge is 0.103 e. The van der Waals surface area contributed by atoms with Crippen molar-refractivity contribution in [2.75, 3.05) is 0 Å². The van der Waals surface area contributed by atoms with Crippen LogP contribution >= 0.6 is 0 Å². The van der Waals surface area contributed by atoms with Gasteiger partial charge in [0.2, 0.25) is 0 Å². The van der Waals surface area contributed by atoms with E-state index in [-0.39, 0.29) is 0 Å². The Labute approximate surface area is 132 Å². The molecule has 3 aromatic carbocycles. The molecule has 0 aliphatic rings. The molecule has 3 aromatic rings. The zero-order chi connectivity index (χ0) is 15.2. The summed E-state index contributed by atoms with van der Waals surface area (Å²) in [4.78, 5) is 0. The first-order valence-electron chi connectivity index (χ1n) is 7.73. The van der Waals surface area contributed by atoms with Crippen molar-refractivity contribution < 1.29 is 0 Å². The van der Waals surface area contributed by atoms with E-state index in [1.807, 2.05) is 12.1 Å². The summed E-state index contributed by atoms with van der Waals surface area (Å²) in [5, 5.41) is 0. The van der Waals surface area contributed by atoms with Crippen LogP contribution in [0.5, 0.6) is 0 Å². The molecule has 0 nitrogen and oxygen atoms in total. The SMILES string of the molecule is C=CCCc1ccccc1-c1ccc(-c2ccccc2)cc1. The maximum Gasteiger partial charge on any atom is -0.0152 e. The lowest BCUT2D eigenvalue weighted by atomic mass is 9.95. The van der Waals surface area contributed by atoms with Crippen LogP contribution < -0.4 is 0 Å². The normalized spacial score (nSPS) is 10.4. The molecule has 0 aliphatic heterocycles. The molecule has 3 rings (SSSR count). The maximum atomic E-state index is 3.82. The molecular formula is C22H20. The summed E-state index contributed by atoms with van der Waals surface area (Å²) in [7, 11) is 0. The molecule has 0 unspecified atom stereocenters. The molecular weight excluding hydrogens is 264 g/mol. The van der Waals surface area contributed by atoms with Crippen LogP contribution in [0.15, 0.2) is 91.5 Å². The molecule has 0 amide bonds. The Bertz CT molecular complexity index is 737. The van der Waals surface area contributed by atoms with Gasteiger partial charge in [-0.25, -0.2) is 0 Å². The Morgan fingerprint density at radius 3 is 1.95 bits per heavy atom. The number of rotatable bonds is 5. The van der Waals surface area contributed by atoms with Crippen molar-refractivity contribution in [1.29, 1.82) is 0 Å². The molecule has 0 bridgehead atoms. The van der Waals surface area contributed by atoms with Crippen molar-refractivity contribution in [3.8, 4) is 22.3 Å². The molecule has 0 heterocycles. The van der Waals surface area contributed by atoms with Gasteiger partial charge in [0.25, 0.3) is 0 Å². The summed E-state index contributed by atoms with van der Waals surface area (Å²) >= 11 is 0. The minimum absolute atomic E-state index is 1.01. The molecule has 0 heteroatoms. The van der Waals surface area contributed by atoms with E-state index in [0.29, 0.717) is 0 Å². The second-order valence-corrected chi connectivity index (χ2v) is 5.43. The minimum atomic E-state index is 1.01. The third-order valence-electron chi connectivity index (χ3n) is 3.94. The van der Waals surface area contributed by atoms with Gasteiger partial charge in [0.15, 0.2) is 0 Å². The van der Waals surface area contributed by atoms with Crippen molar-refractivity contribution in [3.05, 3.63) is 97.1 Å². The highest BCUT2D eigenvalue weighted by atomic mass is 14.1. The summed E-state index contributed by atoms with van der Waals surface area (Å²) < 4.78 is 0. The zero-order valence-corrected chi connectivity index (χ0v) is 12.7. The van der Waals surface area contributed by atoms with Crippen molar-refractivity contribution in [2.24, 2.45) is 0 Å². The van der Waals surface area contributed by atoms with Gasteiger partial charge in [0, 0.05) is 0 Å². The molecule has 22 heavy (non-hydrogen) atoms. The van der Waals surface area contributed by atoms with Crippen LogP contribution in [0, 0.1) is 0 Å². The standard InChI is InChI=1S/C22H20/c1-2-3-9-20-12-7-8-13-22(20)21-16-14-19(15-17-21)18-10-5-4-6-11-18/h2,4-8,10-17H,1,3,9H2. The van der Waals surface area contributed by atoms with Crippen LogP contribution in [0.2, 0.25) is 0 Å². The van der Waals surface area contributed by atoms with E-state index in [0.717, 1.165) is 12.8 Å². The number of aryl methyl sites for hydroxylation is 1. The van der Waals surface area contributed by atoms with Gasteiger partial charge in [-0.3, -0.25) is 0 Å². The highest BCUT2D eigenvalue weighted by Crippen LogP contribution is 2.27. The fourth-order valence-electron chi connectivity index (χ4n) is 2.75. The Kier molecular flexibility index (Phi) is 4.50. The molecule has 0 fully saturated rings. The highest BCUT2D eigenvalue weighted by Gasteiger charge is 2.04. The Hall–Kier alpha value is -2.60. The summed E-state index contributed by atoms with van der Waals surface area (Å²) in [5.41, 5.74) is 6.50. The second kappa shape index (κ2) is 6.91. The highest BCUT2D eigenvalue weighted by molar-refractivity contribution is 5.72. The van der Waals surface area contributed by atoms with Gasteiger partial charge in [0.05, 0.1) is 0 Å². The van der Waals surface area contributed by atoms with Crippen LogP contribution in [0.4, 0.5) is 0 Å². The lowest BCUT2D eigenvalue weighted by Crippen LogP contribution is -1.89. The van der Waals surface area contributed by atoms with Gasteiger partial charge in [0.1, 0.15) is 0 Å². The van der Waals surface area contributed by atoms with E-state index in [1.165, 1.54) is 27.8 Å². The van der Waals surface area contributed by atoms with Crippen LogP contribution in [0.25, 0.3) is 22.3 Å². The molecule has 0 radical (unpaired) electrons. The Morgan fingerprint density at radius 1 is 0.636 bits per heavy atom. The number of hydrogen-bond acceptors (Lipinski definition) is 0. The van der Waals surface area contributed by atoms with E-state index < -0.39 is 0 Å². The quantitative estimate of drug-likeness (QED) is 0.494. The average molecular weight is 284 g/mol. The Balaban J connectivity index is 1.92. The molecule has 108 valence electrons. The molecule has 0 aromatic heterocycles. The first kappa shape index (κ1) is 14.3. The lowest BCUT2D eigenvalue weighted by Gasteiger charge is -2.10. The van der Waals surface area contributed by atoms with Gasteiger partial charge in [-0.05, 0) is 40.7 Å². The van der Waals surface area contributed by atoms with Crippen LogP contribution in [-0.4, -0.2) is 0 Å². The van der Waals surface area contributed by atoms with E-state index in [2.05, 4.69) is 79.4 Å². The van der Waals surface area contributed by atoms with Crippen molar-refractivity contribution in [3.63, 3.8) is 0 Å². The van der Waals surface area contributed by atoms with Crippen molar-refractivity contribution >= 4 is 0 Å². The van der Waals surface area contributed by atoms with Gasteiger partial charge in [-0.2, -0.15) is 0 Å². The molecule has 0 N–H and O–H groups in total. The predicted octanol–water partition coefficient (Wildman–Crippen LogP) is 6.14. The smallest absolute Gasteiger partial charge is 0.0152 e. The van der Waals surface area contributed by atoms with Gasteiger partial charge >= 0.3 is 0 Å². The maximum absolute atomic E-state index is 3.82. The average Bonchev–Trinajstić information content (AvgIpc) is 2.61. The molecule has 0 aliphatic carbocycles. The first-order chi connectivity index (χ1) is 10.9.